The second kappa shape index (κ2) is 5.81. The van der Waals surface area contributed by atoms with E-state index >= 15 is 0 Å². The van der Waals surface area contributed by atoms with Crippen molar-refractivity contribution in [3.8, 4) is 0 Å². The number of nitrogen functional groups attached to an aromatic ring is 1. The number of nitrogens with zero attached hydrogens (tertiary/aromatic N) is 2. The van der Waals surface area contributed by atoms with Crippen molar-refractivity contribution in [3.05, 3.63) is 49.1 Å². The number of hydrogen-bond donors (Lipinski definition) is 3. The fourth-order valence-electron chi connectivity index (χ4n) is 1.47. The van der Waals surface area contributed by atoms with Gasteiger partial charge in [0.05, 0.1) is 0 Å². The molecule has 0 saturated heterocycles. The molecule has 2 rings (SSSR count). The van der Waals surface area contributed by atoms with Crippen molar-refractivity contribution in [1.82, 2.24) is 9.97 Å². The smallest absolute Gasteiger partial charge is 0.159 e. The van der Waals surface area contributed by atoms with Gasteiger partial charge in [0.2, 0.25) is 0 Å². The molecule has 0 saturated carbocycles. The first-order valence-corrected chi connectivity index (χ1v) is 5.68. The number of rotatable bonds is 5. The molecule has 0 bridgehead atoms. The fraction of sp³-hybridized carbons (Fsp3) is 0.0769. The lowest BCUT2D eigenvalue weighted by molar-refractivity contribution is 0.628. The second-order valence-corrected chi connectivity index (χ2v) is 3.79. The summed E-state index contributed by atoms with van der Waals surface area (Å²) < 4.78 is 12.8. The number of anilines is 4. The maximum absolute atomic E-state index is 12.8. The van der Waals surface area contributed by atoms with Crippen molar-refractivity contribution in [3.63, 3.8) is 0 Å². The minimum atomic E-state index is -0.297. The standard InChI is InChI=1S/C13H14FN5/c1-2-7-16-12-11(15)13(18-8-17-12)19-10-5-3-9(14)4-6-10/h2-6,8H,1,7,15H2,(H2,16,17,18,19). The van der Waals surface area contributed by atoms with Crippen molar-refractivity contribution in [2.24, 2.45) is 0 Å². The first-order chi connectivity index (χ1) is 9.20. The predicted molar refractivity (Wildman–Crippen MR) is 74.8 cm³/mol. The van der Waals surface area contributed by atoms with Gasteiger partial charge >= 0.3 is 0 Å². The zero-order valence-electron chi connectivity index (χ0n) is 10.2. The Bertz CT molecular complexity index is 568. The van der Waals surface area contributed by atoms with Crippen LogP contribution < -0.4 is 16.4 Å². The van der Waals surface area contributed by atoms with Crippen molar-refractivity contribution in [1.29, 1.82) is 0 Å². The van der Waals surface area contributed by atoms with Gasteiger partial charge in [-0.2, -0.15) is 0 Å². The quantitative estimate of drug-likeness (QED) is 0.719. The second-order valence-electron chi connectivity index (χ2n) is 3.79. The number of aromatic nitrogens is 2. The number of benzene rings is 1. The number of hydrogen-bond acceptors (Lipinski definition) is 5. The molecule has 0 spiro atoms. The number of halogens is 1. The largest absolute Gasteiger partial charge is 0.393 e. The summed E-state index contributed by atoms with van der Waals surface area (Å²) in [5.41, 5.74) is 7.04. The monoisotopic (exact) mass is 259 g/mol. The van der Waals surface area contributed by atoms with Crippen LogP contribution in [0.1, 0.15) is 0 Å². The van der Waals surface area contributed by atoms with Crippen LogP contribution in [0.3, 0.4) is 0 Å². The Morgan fingerprint density at radius 2 is 1.89 bits per heavy atom. The van der Waals surface area contributed by atoms with Crippen LogP contribution in [0.25, 0.3) is 0 Å². The lowest BCUT2D eigenvalue weighted by atomic mass is 10.3. The summed E-state index contributed by atoms with van der Waals surface area (Å²) in [7, 11) is 0. The van der Waals surface area contributed by atoms with E-state index in [1.807, 2.05) is 0 Å². The van der Waals surface area contributed by atoms with Crippen LogP contribution in [-0.4, -0.2) is 16.5 Å². The molecule has 0 aliphatic heterocycles. The number of nitrogens with two attached hydrogens (primary N) is 1. The van der Waals surface area contributed by atoms with Crippen molar-refractivity contribution in [2.45, 2.75) is 0 Å². The van der Waals surface area contributed by atoms with Crippen LogP contribution in [0.15, 0.2) is 43.2 Å². The van der Waals surface area contributed by atoms with E-state index < -0.39 is 0 Å². The van der Waals surface area contributed by atoms with E-state index in [-0.39, 0.29) is 5.82 Å². The highest BCUT2D eigenvalue weighted by Crippen LogP contribution is 2.25. The molecule has 2 aromatic rings. The normalized spacial score (nSPS) is 9.95. The Morgan fingerprint density at radius 3 is 2.58 bits per heavy atom. The molecule has 19 heavy (non-hydrogen) atoms. The highest BCUT2D eigenvalue weighted by Gasteiger charge is 2.07. The van der Waals surface area contributed by atoms with Gasteiger partial charge in [-0.05, 0) is 24.3 Å². The molecule has 0 radical (unpaired) electrons. The molecular weight excluding hydrogens is 245 g/mol. The molecular formula is C13H14FN5. The zero-order chi connectivity index (χ0) is 13.7. The fourth-order valence-corrected chi connectivity index (χ4v) is 1.47. The molecule has 0 atom stereocenters. The van der Waals surface area contributed by atoms with Gasteiger partial charge < -0.3 is 16.4 Å². The topological polar surface area (TPSA) is 75.9 Å². The van der Waals surface area contributed by atoms with Crippen LogP contribution in [0, 0.1) is 5.82 Å². The molecule has 1 aromatic heterocycles. The van der Waals surface area contributed by atoms with Gasteiger partial charge in [-0.1, -0.05) is 6.08 Å². The third-order valence-electron chi connectivity index (χ3n) is 2.40. The first kappa shape index (κ1) is 12.8. The molecule has 0 unspecified atom stereocenters. The summed E-state index contributed by atoms with van der Waals surface area (Å²) in [6.45, 7) is 4.16. The molecule has 0 aliphatic carbocycles. The minimum Gasteiger partial charge on any atom is -0.393 e. The zero-order valence-corrected chi connectivity index (χ0v) is 10.2. The van der Waals surface area contributed by atoms with E-state index in [0.29, 0.717) is 29.6 Å². The van der Waals surface area contributed by atoms with E-state index in [9.17, 15) is 4.39 Å². The molecule has 98 valence electrons. The molecule has 6 heteroatoms. The summed E-state index contributed by atoms with van der Waals surface area (Å²) in [4.78, 5) is 8.10. The van der Waals surface area contributed by atoms with Gasteiger partial charge in [-0.15, -0.1) is 6.58 Å². The molecule has 1 heterocycles. The van der Waals surface area contributed by atoms with Crippen LogP contribution in [0.2, 0.25) is 0 Å². The van der Waals surface area contributed by atoms with E-state index in [2.05, 4.69) is 27.2 Å². The van der Waals surface area contributed by atoms with E-state index in [4.69, 9.17) is 5.73 Å². The van der Waals surface area contributed by atoms with Crippen LogP contribution in [-0.2, 0) is 0 Å². The Kier molecular flexibility index (Phi) is 3.92. The maximum atomic E-state index is 12.8. The molecule has 0 fully saturated rings. The van der Waals surface area contributed by atoms with E-state index in [1.165, 1.54) is 18.5 Å². The SMILES string of the molecule is C=CCNc1ncnc(Nc2ccc(F)cc2)c1N. The Balaban J connectivity index is 2.20. The summed E-state index contributed by atoms with van der Waals surface area (Å²) in [5.74, 6) is 0.697. The molecule has 0 amide bonds. The Morgan fingerprint density at radius 1 is 1.21 bits per heavy atom. The van der Waals surface area contributed by atoms with Crippen LogP contribution >= 0.6 is 0 Å². The van der Waals surface area contributed by atoms with Gasteiger partial charge in [0, 0.05) is 12.2 Å². The minimum absolute atomic E-state index is 0.297. The average Bonchev–Trinajstić information content (AvgIpc) is 2.42. The van der Waals surface area contributed by atoms with Gasteiger partial charge in [0.15, 0.2) is 11.6 Å². The van der Waals surface area contributed by atoms with Crippen LogP contribution in [0.4, 0.5) is 27.4 Å². The lowest BCUT2D eigenvalue weighted by Crippen LogP contribution is -2.07. The average molecular weight is 259 g/mol. The summed E-state index contributed by atoms with van der Waals surface area (Å²) >= 11 is 0. The highest BCUT2D eigenvalue weighted by molar-refractivity contribution is 5.77. The van der Waals surface area contributed by atoms with Crippen LogP contribution in [0.5, 0.6) is 0 Å². The van der Waals surface area contributed by atoms with Gasteiger partial charge in [0.25, 0.3) is 0 Å². The van der Waals surface area contributed by atoms with Crippen molar-refractivity contribution < 1.29 is 4.39 Å². The third kappa shape index (κ3) is 3.19. The summed E-state index contributed by atoms with van der Waals surface area (Å²) in [5, 5.41) is 6.01. The Hall–Kier alpha value is -2.63. The Labute approximate surface area is 110 Å². The molecule has 5 nitrogen and oxygen atoms in total. The number of nitrogens with one attached hydrogen (secondary N) is 2. The maximum Gasteiger partial charge on any atom is 0.159 e. The third-order valence-corrected chi connectivity index (χ3v) is 2.40. The predicted octanol–water partition coefficient (Wildman–Crippen LogP) is 2.54. The van der Waals surface area contributed by atoms with Gasteiger partial charge in [-0.25, -0.2) is 14.4 Å². The van der Waals surface area contributed by atoms with Gasteiger partial charge in [0.1, 0.15) is 17.8 Å². The molecule has 4 N–H and O–H groups in total. The van der Waals surface area contributed by atoms with E-state index in [0.717, 1.165) is 0 Å². The first-order valence-electron chi connectivity index (χ1n) is 5.68. The summed E-state index contributed by atoms with van der Waals surface area (Å²) in [6.07, 6.45) is 3.10. The molecule has 1 aromatic carbocycles. The highest BCUT2D eigenvalue weighted by atomic mass is 19.1. The lowest BCUT2D eigenvalue weighted by Gasteiger charge is -2.11. The van der Waals surface area contributed by atoms with E-state index in [1.54, 1.807) is 18.2 Å². The molecule has 0 aliphatic rings. The van der Waals surface area contributed by atoms with Crippen molar-refractivity contribution in [2.75, 3.05) is 22.9 Å². The van der Waals surface area contributed by atoms with Crippen molar-refractivity contribution >= 4 is 23.0 Å². The van der Waals surface area contributed by atoms with Gasteiger partial charge in [-0.3, -0.25) is 0 Å². The summed E-state index contributed by atoms with van der Waals surface area (Å²) in [6, 6.07) is 5.93.